The second-order valence-corrected chi connectivity index (χ2v) is 6.10. The summed E-state index contributed by atoms with van der Waals surface area (Å²) in [5.41, 5.74) is 0.846. The van der Waals surface area contributed by atoms with E-state index >= 15 is 0 Å². The fourth-order valence-corrected chi connectivity index (χ4v) is 2.84. The lowest BCUT2D eigenvalue weighted by molar-refractivity contribution is -0.127. The van der Waals surface area contributed by atoms with Crippen LogP contribution in [0.5, 0.6) is 5.75 Å². The molecule has 0 aliphatic carbocycles. The van der Waals surface area contributed by atoms with Crippen LogP contribution < -0.4 is 20.3 Å². The van der Waals surface area contributed by atoms with Crippen LogP contribution in [0.2, 0.25) is 0 Å². The molecule has 0 saturated heterocycles. The minimum Gasteiger partial charge on any atom is -0.477 e. The molecule has 0 unspecified atom stereocenters. The lowest BCUT2D eigenvalue weighted by Gasteiger charge is -2.35. The average molecular weight is 359 g/mol. The van der Waals surface area contributed by atoms with Gasteiger partial charge in [0, 0.05) is 6.54 Å². The van der Waals surface area contributed by atoms with E-state index in [0.717, 1.165) is 17.9 Å². The third-order valence-corrected chi connectivity index (χ3v) is 4.22. The van der Waals surface area contributed by atoms with Gasteiger partial charge in [0.2, 0.25) is 0 Å². The van der Waals surface area contributed by atoms with E-state index in [-0.39, 0.29) is 5.91 Å². The fourth-order valence-electron chi connectivity index (χ4n) is 2.60. The molecule has 3 rings (SSSR count). The maximum atomic E-state index is 12.3. The van der Waals surface area contributed by atoms with Crippen LogP contribution in [-0.4, -0.2) is 30.2 Å². The number of hydrogen-bond acceptors (Lipinski definition) is 4. The summed E-state index contributed by atoms with van der Waals surface area (Å²) in [6.07, 6.45) is 1.89. The van der Waals surface area contributed by atoms with Gasteiger partial charge in [0.05, 0.1) is 25.0 Å². The predicted molar refractivity (Wildman–Crippen MR) is 99.7 cm³/mol. The molecule has 1 aromatic carbocycles. The number of benzene rings is 1. The van der Waals surface area contributed by atoms with Crippen LogP contribution in [0, 0.1) is 0 Å². The third kappa shape index (κ3) is 4.11. The zero-order chi connectivity index (χ0) is 17.6. The molecule has 25 heavy (non-hydrogen) atoms. The molecule has 0 radical (unpaired) electrons. The van der Waals surface area contributed by atoms with E-state index in [4.69, 9.17) is 21.4 Å². The molecule has 0 fully saturated rings. The minimum absolute atomic E-state index is 0.129. The standard InChI is InChI=1S/C18H21N3O3S/c1-2-9-19-17(22)16-12-21(14-7-3-4-8-15(14)24-16)18(25)20-11-13-6-5-10-23-13/h3-8,10,16H,2,9,11-12H2,1H3,(H,19,22)(H,20,25)/t16-/m0/s1. The highest BCUT2D eigenvalue weighted by atomic mass is 32.1. The number of amides is 1. The van der Waals surface area contributed by atoms with Gasteiger partial charge in [0.1, 0.15) is 11.5 Å². The Hall–Kier alpha value is -2.54. The molecule has 1 amide bonds. The summed E-state index contributed by atoms with van der Waals surface area (Å²) in [6, 6.07) is 11.3. The van der Waals surface area contributed by atoms with Gasteiger partial charge in [-0.2, -0.15) is 0 Å². The maximum absolute atomic E-state index is 12.3. The molecule has 1 aromatic heterocycles. The Balaban J connectivity index is 1.74. The summed E-state index contributed by atoms with van der Waals surface area (Å²) in [6.45, 7) is 3.48. The van der Waals surface area contributed by atoms with Gasteiger partial charge >= 0.3 is 0 Å². The van der Waals surface area contributed by atoms with Crippen molar-refractivity contribution in [3.05, 3.63) is 48.4 Å². The number of fused-ring (bicyclic) bond motifs is 1. The van der Waals surface area contributed by atoms with Crippen molar-refractivity contribution in [1.29, 1.82) is 0 Å². The van der Waals surface area contributed by atoms with Crippen molar-refractivity contribution in [3.8, 4) is 5.75 Å². The molecule has 2 N–H and O–H groups in total. The van der Waals surface area contributed by atoms with Crippen LogP contribution >= 0.6 is 12.2 Å². The zero-order valence-corrected chi connectivity index (χ0v) is 14.8. The number of para-hydroxylation sites is 2. The summed E-state index contributed by atoms with van der Waals surface area (Å²) >= 11 is 5.54. The number of hydrogen-bond donors (Lipinski definition) is 2. The van der Waals surface area contributed by atoms with Crippen LogP contribution in [0.15, 0.2) is 47.1 Å². The normalized spacial score (nSPS) is 15.9. The van der Waals surface area contributed by atoms with Crippen molar-refractivity contribution in [1.82, 2.24) is 10.6 Å². The Bertz CT molecular complexity index is 733. The molecule has 7 heteroatoms. The van der Waals surface area contributed by atoms with Gasteiger partial charge in [-0.3, -0.25) is 4.79 Å². The number of furan rings is 1. The van der Waals surface area contributed by atoms with Gasteiger partial charge < -0.3 is 24.7 Å². The van der Waals surface area contributed by atoms with Crippen LogP contribution in [0.25, 0.3) is 0 Å². The highest BCUT2D eigenvalue weighted by Gasteiger charge is 2.32. The number of rotatable bonds is 5. The van der Waals surface area contributed by atoms with Gasteiger partial charge in [0.15, 0.2) is 11.2 Å². The van der Waals surface area contributed by atoms with Crippen molar-refractivity contribution in [3.63, 3.8) is 0 Å². The number of carbonyl (C=O) groups excluding carboxylic acids is 1. The van der Waals surface area contributed by atoms with E-state index in [2.05, 4.69) is 10.6 Å². The predicted octanol–water partition coefficient (Wildman–Crippen LogP) is 2.45. The first-order valence-electron chi connectivity index (χ1n) is 8.30. The first-order valence-corrected chi connectivity index (χ1v) is 8.71. The second kappa shape index (κ2) is 8.02. The van der Waals surface area contributed by atoms with E-state index in [9.17, 15) is 4.79 Å². The van der Waals surface area contributed by atoms with Crippen molar-refractivity contribution in [2.75, 3.05) is 18.0 Å². The molecular formula is C18H21N3O3S. The summed E-state index contributed by atoms with van der Waals surface area (Å²) in [4.78, 5) is 14.2. The van der Waals surface area contributed by atoms with E-state index in [1.165, 1.54) is 0 Å². The highest BCUT2D eigenvalue weighted by Crippen LogP contribution is 2.33. The smallest absolute Gasteiger partial charge is 0.262 e. The Morgan fingerprint density at radius 2 is 2.12 bits per heavy atom. The molecule has 2 aromatic rings. The molecule has 0 bridgehead atoms. The largest absolute Gasteiger partial charge is 0.477 e. The van der Waals surface area contributed by atoms with Crippen molar-refractivity contribution < 1.29 is 13.9 Å². The average Bonchev–Trinajstić information content (AvgIpc) is 3.16. The number of thiocarbonyl (C=S) groups is 1. The monoisotopic (exact) mass is 359 g/mol. The van der Waals surface area contributed by atoms with Crippen molar-refractivity contribution in [2.45, 2.75) is 26.0 Å². The summed E-state index contributed by atoms with van der Waals surface area (Å²) < 4.78 is 11.2. The van der Waals surface area contributed by atoms with E-state index < -0.39 is 6.10 Å². The quantitative estimate of drug-likeness (QED) is 0.800. The van der Waals surface area contributed by atoms with Crippen LogP contribution in [0.3, 0.4) is 0 Å². The Morgan fingerprint density at radius 1 is 1.28 bits per heavy atom. The molecule has 132 valence electrons. The lowest BCUT2D eigenvalue weighted by atomic mass is 10.2. The van der Waals surface area contributed by atoms with Gasteiger partial charge in [-0.15, -0.1) is 0 Å². The molecule has 1 aliphatic heterocycles. The van der Waals surface area contributed by atoms with Crippen molar-refractivity contribution >= 4 is 28.9 Å². The SMILES string of the molecule is CCCNC(=O)[C@@H]1CN(C(=S)NCc2ccco2)c2ccccc2O1. The number of anilines is 1. The number of carbonyl (C=O) groups is 1. The lowest BCUT2D eigenvalue weighted by Crippen LogP contribution is -2.53. The fraction of sp³-hybridized carbons (Fsp3) is 0.333. The molecule has 0 spiro atoms. The van der Waals surface area contributed by atoms with Gasteiger partial charge in [-0.1, -0.05) is 19.1 Å². The second-order valence-electron chi connectivity index (χ2n) is 5.71. The van der Waals surface area contributed by atoms with Crippen LogP contribution in [-0.2, 0) is 11.3 Å². The molecule has 2 heterocycles. The van der Waals surface area contributed by atoms with E-state index in [1.54, 1.807) is 6.26 Å². The van der Waals surface area contributed by atoms with Crippen LogP contribution in [0.4, 0.5) is 5.69 Å². The highest BCUT2D eigenvalue weighted by molar-refractivity contribution is 7.80. The Morgan fingerprint density at radius 3 is 2.88 bits per heavy atom. The summed E-state index contributed by atoms with van der Waals surface area (Å²) in [7, 11) is 0. The molecule has 1 atom stereocenters. The molecular weight excluding hydrogens is 338 g/mol. The van der Waals surface area contributed by atoms with Crippen molar-refractivity contribution in [2.24, 2.45) is 0 Å². The summed E-state index contributed by atoms with van der Waals surface area (Å²) in [5, 5.41) is 6.58. The number of ether oxygens (including phenoxy) is 1. The van der Waals surface area contributed by atoms with Gasteiger partial charge in [-0.25, -0.2) is 0 Å². The van der Waals surface area contributed by atoms with Crippen LogP contribution in [0.1, 0.15) is 19.1 Å². The first kappa shape index (κ1) is 17.3. The third-order valence-electron chi connectivity index (χ3n) is 3.85. The van der Waals surface area contributed by atoms with E-state index in [0.29, 0.717) is 30.5 Å². The summed E-state index contributed by atoms with van der Waals surface area (Å²) in [5.74, 6) is 1.31. The Kier molecular flexibility index (Phi) is 5.55. The number of nitrogens with zero attached hydrogens (tertiary/aromatic N) is 1. The molecule has 1 aliphatic rings. The van der Waals surface area contributed by atoms with Gasteiger partial charge in [-0.05, 0) is 42.9 Å². The maximum Gasteiger partial charge on any atom is 0.262 e. The minimum atomic E-state index is -0.607. The van der Waals surface area contributed by atoms with E-state index in [1.807, 2.05) is 48.2 Å². The Labute approximate surface area is 152 Å². The zero-order valence-electron chi connectivity index (χ0n) is 14.0. The molecule has 0 saturated carbocycles. The topological polar surface area (TPSA) is 66.7 Å². The van der Waals surface area contributed by atoms with Gasteiger partial charge in [0.25, 0.3) is 5.91 Å². The molecule has 6 nitrogen and oxygen atoms in total. The first-order chi connectivity index (χ1) is 12.2. The number of nitrogens with one attached hydrogen (secondary N) is 2.